The lowest BCUT2D eigenvalue weighted by molar-refractivity contribution is 0.0841. The number of para-hydroxylation sites is 1. The Bertz CT molecular complexity index is 711. The molecule has 1 aromatic heterocycles. The fourth-order valence-corrected chi connectivity index (χ4v) is 3.18. The zero-order valence-corrected chi connectivity index (χ0v) is 14.9. The van der Waals surface area contributed by atoms with Gasteiger partial charge in [-0.1, -0.05) is 32.0 Å². The predicted molar refractivity (Wildman–Crippen MR) is 96.7 cm³/mol. The first kappa shape index (κ1) is 17.5. The molecule has 1 aliphatic rings. The Morgan fingerprint density at radius 3 is 2.80 bits per heavy atom. The molecule has 0 bridgehead atoms. The summed E-state index contributed by atoms with van der Waals surface area (Å²) in [6.45, 7) is 5.75. The molecule has 3 rings (SSSR count). The van der Waals surface area contributed by atoms with E-state index in [0.717, 1.165) is 29.8 Å². The Balaban J connectivity index is 1.71. The first-order valence-electron chi connectivity index (χ1n) is 8.89. The van der Waals surface area contributed by atoms with Gasteiger partial charge < -0.3 is 15.3 Å². The van der Waals surface area contributed by atoms with Crippen molar-refractivity contribution in [2.75, 3.05) is 13.1 Å². The smallest absolute Gasteiger partial charge is 0.317 e. The second-order valence-corrected chi connectivity index (χ2v) is 6.88. The molecule has 2 heterocycles. The van der Waals surface area contributed by atoms with Crippen LogP contribution in [0.5, 0.6) is 0 Å². The quantitative estimate of drug-likeness (QED) is 0.897. The van der Waals surface area contributed by atoms with Crippen LogP contribution < -0.4 is 5.32 Å². The largest absolute Gasteiger partial charge is 0.391 e. The molecular weight excluding hydrogens is 316 g/mol. The molecule has 1 aliphatic heterocycles. The van der Waals surface area contributed by atoms with Crippen LogP contribution in [0.3, 0.4) is 0 Å². The number of hydrogen-bond donors (Lipinski definition) is 2. The fraction of sp³-hybridized carbons (Fsp3) is 0.474. The third-order valence-corrected chi connectivity index (χ3v) is 4.50. The lowest BCUT2D eigenvalue weighted by Gasteiger charge is -2.30. The average molecular weight is 342 g/mol. The molecule has 0 spiro atoms. The van der Waals surface area contributed by atoms with Crippen LogP contribution in [0.15, 0.2) is 36.5 Å². The zero-order valence-electron chi connectivity index (χ0n) is 14.9. The molecule has 25 heavy (non-hydrogen) atoms. The number of piperidine rings is 1. The lowest BCUT2D eigenvalue weighted by Crippen LogP contribution is -2.46. The first-order chi connectivity index (χ1) is 12.0. The molecule has 0 radical (unpaired) electrons. The molecule has 1 aromatic carbocycles. The summed E-state index contributed by atoms with van der Waals surface area (Å²) in [6.07, 6.45) is 3.19. The van der Waals surface area contributed by atoms with E-state index in [2.05, 4.69) is 19.2 Å². The standard InChI is InChI=1S/C19H26N4O2/c1-14(2)18-15(12-23(21-18)16-7-4-3-5-8-16)11-20-19(25)22-10-6-9-17(24)13-22/h3-5,7-8,12,14,17,24H,6,9-11,13H2,1-2H3,(H,20,25). The van der Waals surface area contributed by atoms with Crippen LogP contribution >= 0.6 is 0 Å². The monoisotopic (exact) mass is 342 g/mol. The van der Waals surface area contributed by atoms with E-state index >= 15 is 0 Å². The molecule has 6 nitrogen and oxygen atoms in total. The van der Waals surface area contributed by atoms with Gasteiger partial charge in [0, 0.05) is 31.4 Å². The third kappa shape index (κ3) is 4.20. The number of nitrogens with one attached hydrogen (secondary N) is 1. The van der Waals surface area contributed by atoms with E-state index in [9.17, 15) is 9.90 Å². The van der Waals surface area contributed by atoms with Gasteiger partial charge in [-0.05, 0) is 30.9 Å². The van der Waals surface area contributed by atoms with Crippen LogP contribution in [-0.4, -0.2) is 45.0 Å². The van der Waals surface area contributed by atoms with Crippen molar-refractivity contribution in [3.05, 3.63) is 47.8 Å². The number of aromatic nitrogens is 2. The molecule has 2 aromatic rings. The average Bonchev–Trinajstić information content (AvgIpc) is 3.05. The van der Waals surface area contributed by atoms with Crippen LogP contribution in [0, 0.1) is 0 Å². The summed E-state index contributed by atoms with van der Waals surface area (Å²) < 4.78 is 1.86. The van der Waals surface area contributed by atoms with E-state index in [4.69, 9.17) is 5.10 Å². The lowest BCUT2D eigenvalue weighted by atomic mass is 10.1. The van der Waals surface area contributed by atoms with Crippen LogP contribution in [0.2, 0.25) is 0 Å². The number of β-amino-alcohol motifs (C(OH)–C–C–N with tert-alkyl or cyclic N) is 1. The zero-order chi connectivity index (χ0) is 17.8. The molecule has 1 fully saturated rings. The van der Waals surface area contributed by atoms with Gasteiger partial charge >= 0.3 is 6.03 Å². The van der Waals surface area contributed by atoms with Crippen molar-refractivity contribution in [2.24, 2.45) is 0 Å². The number of benzene rings is 1. The summed E-state index contributed by atoms with van der Waals surface area (Å²) in [4.78, 5) is 14.0. The van der Waals surface area contributed by atoms with Gasteiger partial charge in [0.05, 0.1) is 17.5 Å². The number of carbonyl (C=O) groups excluding carboxylic acids is 1. The predicted octanol–water partition coefficient (Wildman–Crippen LogP) is 2.66. The summed E-state index contributed by atoms with van der Waals surface area (Å²) in [5.41, 5.74) is 3.01. The highest BCUT2D eigenvalue weighted by Crippen LogP contribution is 2.20. The maximum atomic E-state index is 12.4. The molecule has 1 atom stereocenters. The highest BCUT2D eigenvalue weighted by Gasteiger charge is 2.22. The Kier molecular flexibility index (Phi) is 5.38. The van der Waals surface area contributed by atoms with Crippen LogP contribution in [-0.2, 0) is 6.54 Å². The van der Waals surface area contributed by atoms with Crippen LogP contribution in [0.1, 0.15) is 43.9 Å². The van der Waals surface area contributed by atoms with Crippen LogP contribution in [0.25, 0.3) is 5.69 Å². The molecule has 2 N–H and O–H groups in total. The topological polar surface area (TPSA) is 70.4 Å². The molecule has 1 unspecified atom stereocenters. The highest BCUT2D eigenvalue weighted by atomic mass is 16.3. The maximum absolute atomic E-state index is 12.4. The second-order valence-electron chi connectivity index (χ2n) is 6.88. The maximum Gasteiger partial charge on any atom is 0.317 e. The van der Waals surface area contributed by atoms with Gasteiger partial charge in [0.1, 0.15) is 0 Å². The minimum absolute atomic E-state index is 0.124. The SMILES string of the molecule is CC(C)c1nn(-c2ccccc2)cc1CNC(=O)N1CCCC(O)C1. The summed E-state index contributed by atoms with van der Waals surface area (Å²) in [6, 6.07) is 9.83. The van der Waals surface area contributed by atoms with Crippen molar-refractivity contribution in [2.45, 2.75) is 45.3 Å². The van der Waals surface area contributed by atoms with E-state index in [1.807, 2.05) is 41.2 Å². The summed E-state index contributed by atoms with van der Waals surface area (Å²) >= 11 is 0. The molecule has 1 saturated heterocycles. The van der Waals surface area contributed by atoms with Gasteiger partial charge in [0.25, 0.3) is 0 Å². The second kappa shape index (κ2) is 7.70. The molecule has 2 amide bonds. The first-order valence-corrected chi connectivity index (χ1v) is 8.89. The number of aliphatic hydroxyl groups excluding tert-OH is 1. The number of carbonyl (C=O) groups is 1. The Morgan fingerprint density at radius 1 is 1.36 bits per heavy atom. The summed E-state index contributed by atoms with van der Waals surface area (Å²) in [5.74, 6) is 0.272. The van der Waals surface area contributed by atoms with Crippen molar-refractivity contribution in [3.63, 3.8) is 0 Å². The van der Waals surface area contributed by atoms with Crippen molar-refractivity contribution in [3.8, 4) is 5.69 Å². The van der Waals surface area contributed by atoms with Crippen LogP contribution in [0.4, 0.5) is 4.79 Å². The molecule has 134 valence electrons. The van der Waals surface area contributed by atoms with E-state index in [1.165, 1.54) is 0 Å². The number of rotatable bonds is 4. The van der Waals surface area contributed by atoms with E-state index < -0.39 is 6.10 Å². The molecule has 0 aliphatic carbocycles. The normalized spacial score (nSPS) is 17.8. The number of urea groups is 1. The van der Waals surface area contributed by atoms with Gasteiger partial charge in [-0.2, -0.15) is 5.10 Å². The number of likely N-dealkylation sites (tertiary alicyclic amines) is 1. The summed E-state index contributed by atoms with van der Waals surface area (Å²) in [5, 5.41) is 17.4. The molecular formula is C19H26N4O2. The Morgan fingerprint density at radius 2 is 2.12 bits per heavy atom. The highest BCUT2D eigenvalue weighted by molar-refractivity contribution is 5.74. The van der Waals surface area contributed by atoms with E-state index in [-0.39, 0.29) is 11.9 Å². The Hall–Kier alpha value is -2.34. The van der Waals surface area contributed by atoms with Gasteiger partial charge in [-0.25, -0.2) is 9.48 Å². The molecule has 6 heteroatoms. The number of nitrogens with zero attached hydrogens (tertiary/aromatic N) is 3. The number of hydrogen-bond acceptors (Lipinski definition) is 3. The third-order valence-electron chi connectivity index (χ3n) is 4.50. The van der Waals surface area contributed by atoms with Crippen molar-refractivity contribution < 1.29 is 9.90 Å². The Labute approximate surface area is 148 Å². The van der Waals surface area contributed by atoms with E-state index in [0.29, 0.717) is 19.6 Å². The van der Waals surface area contributed by atoms with E-state index in [1.54, 1.807) is 4.90 Å². The number of amides is 2. The minimum Gasteiger partial charge on any atom is -0.391 e. The van der Waals surface area contributed by atoms with Crippen molar-refractivity contribution in [1.82, 2.24) is 20.0 Å². The van der Waals surface area contributed by atoms with Crippen molar-refractivity contribution in [1.29, 1.82) is 0 Å². The molecule has 0 saturated carbocycles. The van der Waals surface area contributed by atoms with Crippen molar-refractivity contribution >= 4 is 6.03 Å². The number of aliphatic hydroxyl groups is 1. The minimum atomic E-state index is -0.411. The fourth-order valence-electron chi connectivity index (χ4n) is 3.18. The summed E-state index contributed by atoms with van der Waals surface area (Å²) in [7, 11) is 0. The van der Waals surface area contributed by atoms with Gasteiger partial charge in [0.15, 0.2) is 0 Å². The van der Waals surface area contributed by atoms with Gasteiger partial charge in [-0.3, -0.25) is 0 Å². The van der Waals surface area contributed by atoms with Gasteiger partial charge in [0.2, 0.25) is 0 Å². The van der Waals surface area contributed by atoms with Gasteiger partial charge in [-0.15, -0.1) is 0 Å².